The molecule has 1 aliphatic rings. The first kappa shape index (κ1) is 16.9. The highest BCUT2D eigenvalue weighted by atomic mass is 35.5. The fraction of sp³-hybridized carbons (Fsp3) is 0.286. The number of rotatable bonds is 3. The smallest absolute Gasteiger partial charge is 0.324 e. The van der Waals surface area contributed by atoms with Crippen molar-refractivity contribution in [2.75, 3.05) is 17.2 Å². The normalized spacial score (nSPS) is 16.9. The van der Waals surface area contributed by atoms with Crippen molar-refractivity contribution < 1.29 is 9.59 Å². The number of hydrogen-bond donors (Lipinski definition) is 2. The van der Waals surface area contributed by atoms with Crippen molar-refractivity contribution in [3.05, 3.63) is 33.8 Å². The second-order valence-corrected chi connectivity index (χ2v) is 6.88. The summed E-state index contributed by atoms with van der Waals surface area (Å²) in [6.07, 6.45) is 1.33. The minimum absolute atomic E-state index is 0.279. The van der Waals surface area contributed by atoms with Crippen molar-refractivity contribution in [3.8, 4) is 0 Å². The molecular weight excluding hydrogens is 373 g/mol. The van der Waals surface area contributed by atoms with Crippen LogP contribution in [0.25, 0.3) is 0 Å². The summed E-state index contributed by atoms with van der Waals surface area (Å²) in [5.74, 6) is -0.279. The van der Waals surface area contributed by atoms with E-state index in [9.17, 15) is 9.59 Å². The third-order valence-corrected chi connectivity index (χ3v) is 4.56. The first-order valence-corrected chi connectivity index (χ1v) is 8.77. The number of aromatic nitrogens is 2. The van der Waals surface area contributed by atoms with E-state index >= 15 is 0 Å². The second-order valence-electron chi connectivity index (χ2n) is 5.17. The predicted molar refractivity (Wildman–Crippen MR) is 93.7 cm³/mol. The molecule has 2 aromatic rings. The van der Waals surface area contributed by atoms with Gasteiger partial charge < -0.3 is 10.2 Å². The van der Waals surface area contributed by atoms with Gasteiger partial charge in [-0.25, -0.2) is 4.79 Å². The van der Waals surface area contributed by atoms with Crippen LogP contribution >= 0.6 is 34.5 Å². The highest BCUT2D eigenvalue weighted by molar-refractivity contribution is 7.13. The first-order valence-electron chi connectivity index (χ1n) is 7.13. The molecule has 0 bridgehead atoms. The van der Waals surface area contributed by atoms with Crippen LogP contribution in [0.5, 0.6) is 0 Å². The zero-order valence-corrected chi connectivity index (χ0v) is 14.7. The van der Waals surface area contributed by atoms with Gasteiger partial charge in [0, 0.05) is 22.3 Å². The number of nitrogens with zero attached hydrogens (tertiary/aromatic N) is 3. The van der Waals surface area contributed by atoms with Crippen LogP contribution in [0.3, 0.4) is 0 Å². The van der Waals surface area contributed by atoms with Gasteiger partial charge in [0.1, 0.15) is 11.6 Å². The maximum Gasteiger partial charge on any atom is 0.324 e. The van der Waals surface area contributed by atoms with Gasteiger partial charge in [0.25, 0.3) is 0 Å². The van der Waals surface area contributed by atoms with Crippen LogP contribution in [0.15, 0.2) is 23.7 Å². The van der Waals surface area contributed by atoms with E-state index in [1.54, 1.807) is 18.2 Å². The Hall–Kier alpha value is -1.90. The summed E-state index contributed by atoms with van der Waals surface area (Å²) in [6.45, 7) is 0.499. The Morgan fingerprint density at radius 1 is 1.21 bits per heavy atom. The number of halogens is 2. The number of hydrogen-bond acceptors (Lipinski definition) is 5. The molecule has 3 amide bonds. The third kappa shape index (κ3) is 3.95. The summed E-state index contributed by atoms with van der Waals surface area (Å²) in [6, 6.07) is 3.86. The average molecular weight is 386 g/mol. The maximum atomic E-state index is 12.5. The van der Waals surface area contributed by atoms with E-state index in [1.807, 2.05) is 0 Å². The van der Waals surface area contributed by atoms with Gasteiger partial charge in [0.15, 0.2) is 0 Å². The zero-order chi connectivity index (χ0) is 17.1. The topological polar surface area (TPSA) is 87.2 Å². The van der Waals surface area contributed by atoms with Crippen molar-refractivity contribution in [1.29, 1.82) is 0 Å². The average Bonchev–Trinajstić information content (AvgIpc) is 3.16. The number of likely N-dealkylation sites (tertiary alicyclic amines) is 1. The molecule has 0 saturated carbocycles. The van der Waals surface area contributed by atoms with Gasteiger partial charge in [-0.1, -0.05) is 34.5 Å². The SMILES string of the molecule is O=C(Nc1cc(Cl)cc(Cl)c1)C1CCCN1C(=O)Nc1nncs1. The Morgan fingerprint density at radius 3 is 2.62 bits per heavy atom. The Balaban J connectivity index is 1.67. The number of benzene rings is 1. The van der Waals surface area contributed by atoms with E-state index in [1.165, 1.54) is 21.7 Å². The van der Waals surface area contributed by atoms with E-state index in [-0.39, 0.29) is 11.9 Å². The van der Waals surface area contributed by atoms with Crippen LogP contribution in [0.4, 0.5) is 15.6 Å². The number of carbonyl (C=O) groups is 2. The fourth-order valence-corrected chi connectivity index (χ4v) is 3.49. The maximum absolute atomic E-state index is 12.5. The van der Waals surface area contributed by atoms with Crippen LogP contribution in [0, 0.1) is 0 Å². The van der Waals surface area contributed by atoms with Crippen LogP contribution in [0.1, 0.15) is 12.8 Å². The lowest BCUT2D eigenvalue weighted by molar-refractivity contribution is -0.119. The van der Waals surface area contributed by atoms with Crippen molar-refractivity contribution in [2.45, 2.75) is 18.9 Å². The fourth-order valence-electron chi connectivity index (χ4n) is 2.52. The molecule has 1 saturated heterocycles. The molecule has 0 spiro atoms. The molecule has 2 heterocycles. The van der Waals surface area contributed by atoms with Crippen molar-refractivity contribution in [3.63, 3.8) is 0 Å². The summed E-state index contributed by atoms with van der Waals surface area (Å²) in [5, 5.41) is 14.1. The Morgan fingerprint density at radius 2 is 1.96 bits per heavy atom. The number of urea groups is 1. The van der Waals surface area contributed by atoms with E-state index in [0.717, 1.165) is 6.42 Å². The van der Waals surface area contributed by atoms with Crippen molar-refractivity contribution in [1.82, 2.24) is 15.1 Å². The van der Waals surface area contributed by atoms with E-state index in [0.29, 0.717) is 33.8 Å². The molecule has 1 atom stereocenters. The molecule has 126 valence electrons. The van der Waals surface area contributed by atoms with Crippen molar-refractivity contribution in [2.24, 2.45) is 0 Å². The van der Waals surface area contributed by atoms with Crippen LogP contribution in [-0.4, -0.2) is 39.6 Å². The largest absolute Gasteiger partial charge is 0.324 e. The van der Waals surface area contributed by atoms with Gasteiger partial charge in [-0.3, -0.25) is 10.1 Å². The highest BCUT2D eigenvalue weighted by Crippen LogP contribution is 2.25. The summed E-state index contributed by atoms with van der Waals surface area (Å²) < 4.78 is 0. The molecule has 1 aromatic heterocycles. The van der Waals surface area contributed by atoms with Gasteiger partial charge in [-0.2, -0.15) is 0 Å². The number of anilines is 2. The Bertz CT molecular complexity index is 735. The molecule has 1 aromatic carbocycles. The number of nitrogens with one attached hydrogen (secondary N) is 2. The van der Waals surface area contributed by atoms with E-state index < -0.39 is 6.04 Å². The lowest BCUT2D eigenvalue weighted by Crippen LogP contribution is -2.45. The predicted octanol–water partition coefficient (Wildman–Crippen LogP) is 3.48. The highest BCUT2D eigenvalue weighted by Gasteiger charge is 2.34. The molecule has 7 nitrogen and oxygen atoms in total. The molecular formula is C14H13Cl2N5O2S. The third-order valence-electron chi connectivity index (χ3n) is 3.52. The van der Waals surface area contributed by atoms with Gasteiger partial charge in [-0.05, 0) is 31.0 Å². The molecule has 1 unspecified atom stereocenters. The quantitative estimate of drug-likeness (QED) is 0.846. The molecule has 10 heteroatoms. The van der Waals surface area contributed by atoms with E-state index in [2.05, 4.69) is 20.8 Å². The minimum Gasteiger partial charge on any atom is -0.324 e. The molecule has 24 heavy (non-hydrogen) atoms. The van der Waals surface area contributed by atoms with Gasteiger partial charge in [0.05, 0.1) is 0 Å². The zero-order valence-electron chi connectivity index (χ0n) is 12.3. The van der Waals surface area contributed by atoms with Gasteiger partial charge in [0.2, 0.25) is 11.0 Å². The molecule has 0 radical (unpaired) electrons. The summed E-state index contributed by atoms with van der Waals surface area (Å²) in [5.41, 5.74) is 2.01. The minimum atomic E-state index is -0.560. The summed E-state index contributed by atoms with van der Waals surface area (Å²) >= 11 is 13.1. The van der Waals surface area contributed by atoms with Gasteiger partial charge >= 0.3 is 6.03 Å². The standard InChI is InChI=1S/C14H13Cl2N5O2S/c15-8-4-9(16)6-10(5-8)18-12(22)11-2-1-3-21(11)14(23)19-13-20-17-7-24-13/h4-7,11H,1-3H2,(H,18,22)(H,19,20,23). The lowest BCUT2D eigenvalue weighted by atomic mass is 10.2. The Kier molecular flexibility index (Phi) is 5.17. The second kappa shape index (κ2) is 7.33. The lowest BCUT2D eigenvalue weighted by Gasteiger charge is -2.23. The Labute approximate surface area is 152 Å². The van der Waals surface area contributed by atoms with Crippen LogP contribution in [-0.2, 0) is 4.79 Å². The van der Waals surface area contributed by atoms with Crippen LogP contribution in [0.2, 0.25) is 10.0 Å². The molecule has 2 N–H and O–H groups in total. The molecule has 1 aliphatic heterocycles. The monoisotopic (exact) mass is 385 g/mol. The molecule has 0 aliphatic carbocycles. The first-order chi connectivity index (χ1) is 11.5. The molecule has 3 rings (SSSR count). The van der Waals surface area contributed by atoms with Gasteiger partial charge in [-0.15, -0.1) is 10.2 Å². The van der Waals surface area contributed by atoms with Crippen molar-refractivity contribution >= 4 is 57.3 Å². The summed E-state index contributed by atoms with van der Waals surface area (Å²) in [4.78, 5) is 26.3. The summed E-state index contributed by atoms with van der Waals surface area (Å²) in [7, 11) is 0. The number of amides is 3. The van der Waals surface area contributed by atoms with E-state index in [4.69, 9.17) is 23.2 Å². The molecule has 1 fully saturated rings. The number of carbonyl (C=O) groups excluding carboxylic acids is 2. The van der Waals surface area contributed by atoms with Crippen LogP contribution < -0.4 is 10.6 Å².